The molecule has 0 aromatic heterocycles. The molecular weight excluding hydrogens is 366 g/mol. The zero-order valence-corrected chi connectivity index (χ0v) is 17.0. The van der Waals surface area contributed by atoms with E-state index >= 15 is 0 Å². The maximum absolute atomic E-state index is 12.8. The smallest absolute Gasteiger partial charge is 0.319 e. The molecule has 1 aromatic carbocycles. The largest absolute Gasteiger partial charge is 0.382 e. The van der Waals surface area contributed by atoms with Gasteiger partial charge in [0.25, 0.3) is 5.91 Å². The van der Waals surface area contributed by atoms with E-state index in [2.05, 4.69) is 10.6 Å². The predicted molar refractivity (Wildman–Crippen MR) is 109 cm³/mol. The zero-order chi connectivity index (χ0) is 19.6. The van der Waals surface area contributed by atoms with Crippen LogP contribution >= 0.6 is 11.6 Å². The summed E-state index contributed by atoms with van der Waals surface area (Å²) >= 11 is 6.32. The Balaban J connectivity index is 1.88. The van der Waals surface area contributed by atoms with Gasteiger partial charge in [0.1, 0.15) is 0 Å². The molecule has 1 aromatic rings. The van der Waals surface area contributed by atoms with Crippen molar-refractivity contribution in [1.82, 2.24) is 10.2 Å². The Labute approximate surface area is 166 Å². The Hall–Kier alpha value is -1.79. The molecule has 1 aliphatic rings. The van der Waals surface area contributed by atoms with E-state index in [1.54, 1.807) is 23.1 Å². The molecule has 27 heavy (non-hydrogen) atoms. The number of anilines is 1. The van der Waals surface area contributed by atoms with Gasteiger partial charge in [0.2, 0.25) is 0 Å². The van der Waals surface area contributed by atoms with Crippen LogP contribution in [0.3, 0.4) is 0 Å². The summed E-state index contributed by atoms with van der Waals surface area (Å²) in [5, 5.41) is 5.84. The Morgan fingerprint density at radius 1 is 1.26 bits per heavy atom. The summed E-state index contributed by atoms with van der Waals surface area (Å²) < 4.78 is 5.22. The fourth-order valence-corrected chi connectivity index (χ4v) is 3.55. The molecule has 0 saturated heterocycles. The highest BCUT2D eigenvalue weighted by Gasteiger charge is 2.24. The van der Waals surface area contributed by atoms with Crippen molar-refractivity contribution in [2.75, 3.05) is 32.1 Å². The fourth-order valence-electron chi connectivity index (χ4n) is 3.29. The molecule has 1 aliphatic carbocycles. The van der Waals surface area contributed by atoms with Crippen LogP contribution in [0.2, 0.25) is 5.02 Å². The Bertz CT molecular complexity index is 633. The third-order valence-electron chi connectivity index (χ3n) is 4.86. The number of nitrogens with zero attached hydrogens (tertiary/aromatic N) is 1. The number of benzene rings is 1. The normalized spacial score (nSPS) is 14.6. The van der Waals surface area contributed by atoms with E-state index in [1.165, 1.54) is 19.3 Å². The van der Waals surface area contributed by atoms with Crippen molar-refractivity contribution in [3.8, 4) is 0 Å². The standard InChI is InChI=1S/C20H30ClN3O3/c1-3-27-13-7-12-22-20(26)23-15-10-11-17(18(21)14-15)19(25)24(2)16-8-5-4-6-9-16/h10-11,14,16H,3-9,12-13H2,1-2H3,(H2,22,23,26). The molecule has 0 unspecified atom stereocenters. The quantitative estimate of drug-likeness (QED) is 0.645. The van der Waals surface area contributed by atoms with Gasteiger partial charge in [0.05, 0.1) is 10.6 Å². The molecule has 6 nitrogen and oxygen atoms in total. The van der Waals surface area contributed by atoms with Gasteiger partial charge in [0.15, 0.2) is 0 Å². The van der Waals surface area contributed by atoms with Crippen LogP contribution in [0.1, 0.15) is 55.8 Å². The molecule has 0 bridgehead atoms. The van der Waals surface area contributed by atoms with Crippen LogP contribution in [0, 0.1) is 0 Å². The predicted octanol–water partition coefficient (Wildman–Crippen LogP) is 4.29. The molecular formula is C20H30ClN3O3. The van der Waals surface area contributed by atoms with Gasteiger partial charge in [-0.05, 0) is 44.4 Å². The number of ether oxygens (including phenoxy) is 1. The minimum atomic E-state index is -0.305. The summed E-state index contributed by atoms with van der Waals surface area (Å²) in [5.74, 6) is -0.0705. The second kappa shape index (κ2) is 11.1. The Morgan fingerprint density at radius 3 is 2.67 bits per heavy atom. The number of carbonyl (C=O) groups is 2. The van der Waals surface area contributed by atoms with E-state index in [1.807, 2.05) is 14.0 Å². The average molecular weight is 396 g/mol. The molecule has 0 spiro atoms. The number of rotatable bonds is 8. The minimum Gasteiger partial charge on any atom is -0.382 e. The summed E-state index contributed by atoms with van der Waals surface area (Å²) in [6.07, 6.45) is 6.42. The van der Waals surface area contributed by atoms with Crippen LogP contribution in [-0.4, -0.2) is 49.7 Å². The summed E-state index contributed by atoms with van der Waals surface area (Å²) in [6.45, 7) is 3.76. The lowest BCUT2D eigenvalue weighted by Crippen LogP contribution is -2.38. The summed E-state index contributed by atoms with van der Waals surface area (Å²) in [5.41, 5.74) is 1.02. The molecule has 3 amide bonds. The molecule has 0 aliphatic heterocycles. The van der Waals surface area contributed by atoms with Crippen molar-refractivity contribution in [3.63, 3.8) is 0 Å². The van der Waals surface area contributed by atoms with Gasteiger partial charge >= 0.3 is 6.03 Å². The number of hydrogen-bond donors (Lipinski definition) is 2. The van der Waals surface area contributed by atoms with Crippen molar-refractivity contribution in [2.24, 2.45) is 0 Å². The van der Waals surface area contributed by atoms with E-state index in [9.17, 15) is 9.59 Å². The second-order valence-electron chi connectivity index (χ2n) is 6.83. The minimum absolute atomic E-state index is 0.0705. The SMILES string of the molecule is CCOCCCNC(=O)Nc1ccc(C(=O)N(C)C2CCCCC2)c(Cl)c1. The maximum atomic E-state index is 12.8. The Morgan fingerprint density at radius 2 is 2.00 bits per heavy atom. The zero-order valence-electron chi connectivity index (χ0n) is 16.2. The van der Waals surface area contributed by atoms with Gasteiger partial charge in [-0.3, -0.25) is 4.79 Å². The van der Waals surface area contributed by atoms with Gasteiger partial charge < -0.3 is 20.3 Å². The first kappa shape index (κ1) is 21.5. The molecule has 1 fully saturated rings. The highest BCUT2D eigenvalue weighted by atomic mass is 35.5. The number of carbonyl (C=O) groups excluding carboxylic acids is 2. The van der Waals surface area contributed by atoms with Crippen molar-refractivity contribution >= 4 is 29.2 Å². The molecule has 0 radical (unpaired) electrons. The molecule has 1 saturated carbocycles. The maximum Gasteiger partial charge on any atom is 0.319 e. The summed E-state index contributed by atoms with van der Waals surface area (Å²) in [4.78, 5) is 26.5. The first-order valence-electron chi connectivity index (χ1n) is 9.72. The lowest BCUT2D eigenvalue weighted by Gasteiger charge is -2.31. The van der Waals surface area contributed by atoms with Crippen LogP contribution in [0.4, 0.5) is 10.5 Å². The van der Waals surface area contributed by atoms with E-state index in [0.29, 0.717) is 36.0 Å². The average Bonchev–Trinajstić information content (AvgIpc) is 2.67. The third-order valence-corrected chi connectivity index (χ3v) is 5.17. The lowest BCUT2D eigenvalue weighted by molar-refractivity contribution is 0.0696. The fraction of sp³-hybridized carbons (Fsp3) is 0.600. The van der Waals surface area contributed by atoms with Gasteiger partial charge in [-0.1, -0.05) is 30.9 Å². The van der Waals surface area contributed by atoms with Gasteiger partial charge in [-0.25, -0.2) is 4.79 Å². The van der Waals surface area contributed by atoms with Crippen LogP contribution in [-0.2, 0) is 4.74 Å². The highest BCUT2D eigenvalue weighted by Crippen LogP contribution is 2.26. The molecule has 2 N–H and O–H groups in total. The summed E-state index contributed by atoms with van der Waals surface area (Å²) in [7, 11) is 1.84. The molecule has 150 valence electrons. The van der Waals surface area contributed by atoms with E-state index in [-0.39, 0.29) is 18.0 Å². The van der Waals surface area contributed by atoms with Crippen molar-refractivity contribution in [3.05, 3.63) is 28.8 Å². The summed E-state index contributed by atoms with van der Waals surface area (Å²) in [6, 6.07) is 4.97. The van der Waals surface area contributed by atoms with Gasteiger partial charge in [-0.15, -0.1) is 0 Å². The van der Waals surface area contributed by atoms with Crippen LogP contribution in [0.15, 0.2) is 18.2 Å². The molecule has 7 heteroatoms. The second-order valence-corrected chi connectivity index (χ2v) is 7.24. The van der Waals surface area contributed by atoms with E-state index < -0.39 is 0 Å². The highest BCUT2D eigenvalue weighted by molar-refractivity contribution is 6.34. The topological polar surface area (TPSA) is 70.7 Å². The third kappa shape index (κ3) is 6.70. The lowest BCUT2D eigenvalue weighted by atomic mass is 9.94. The number of halogens is 1. The van der Waals surface area contributed by atoms with Crippen molar-refractivity contribution in [1.29, 1.82) is 0 Å². The first-order valence-corrected chi connectivity index (χ1v) is 10.1. The number of hydrogen-bond acceptors (Lipinski definition) is 3. The van der Waals surface area contributed by atoms with Crippen molar-refractivity contribution < 1.29 is 14.3 Å². The van der Waals surface area contributed by atoms with Crippen LogP contribution < -0.4 is 10.6 Å². The van der Waals surface area contributed by atoms with E-state index in [0.717, 1.165) is 19.3 Å². The van der Waals surface area contributed by atoms with Gasteiger partial charge in [0, 0.05) is 38.5 Å². The van der Waals surface area contributed by atoms with E-state index in [4.69, 9.17) is 16.3 Å². The monoisotopic (exact) mass is 395 g/mol. The number of urea groups is 1. The molecule has 0 atom stereocenters. The van der Waals surface area contributed by atoms with Crippen LogP contribution in [0.5, 0.6) is 0 Å². The Kier molecular flexibility index (Phi) is 8.88. The molecule has 2 rings (SSSR count). The number of nitrogens with one attached hydrogen (secondary N) is 2. The van der Waals surface area contributed by atoms with Crippen LogP contribution in [0.25, 0.3) is 0 Å². The first-order chi connectivity index (χ1) is 13.0. The number of amides is 3. The van der Waals surface area contributed by atoms with Crippen molar-refractivity contribution in [2.45, 2.75) is 51.5 Å². The van der Waals surface area contributed by atoms with Gasteiger partial charge in [-0.2, -0.15) is 0 Å². The molecule has 0 heterocycles.